The number of hydrogen-bond acceptors (Lipinski definition) is 3. The zero-order valence-corrected chi connectivity index (χ0v) is 10.9. The van der Waals surface area contributed by atoms with Crippen LogP contribution < -0.4 is 0 Å². The van der Waals surface area contributed by atoms with Crippen LogP contribution >= 0.6 is 0 Å². The molecule has 2 heterocycles. The highest BCUT2D eigenvalue weighted by atomic mass is 16.7. The molecule has 0 amide bonds. The average Bonchev–Trinajstić information content (AvgIpc) is 2.84. The highest BCUT2D eigenvalue weighted by molar-refractivity contribution is 5.13. The van der Waals surface area contributed by atoms with Gasteiger partial charge in [0.2, 0.25) is 0 Å². The number of fused-ring (bicyclic) bond motifs is 2. The summed E-state index contributed by atoms with van der Waals surface area (Å²) in [5, 5.41) is 0. The molecule has 0 saturated carbocycles. The Labute approximate surface area is 108 Å². The minimum atomic E-state index is -0.0263. The molecule has 3 rings (SSSR count). The van der Waals surface area contributed by atoms with Crippen LogP contribution in [0, 0.1) is 11.8 Å². The first-order valence-electron chi connectivity index (χ1n) is 6.68. The van der Waals surface area contributed by atoms with Crippen LogP contribution in [0.3, 0.4) is 0 Å². The van der Waals surface area contributed by atoms with Crippen molar-refractivity contribution >= 4 is 0 Å². The van der Waals surface area contributed by atoms with Gasteiger partial charge >= 0.3 is 0 Å². The van der Waals surface area contributed by atoms with Crippen molar-refractivity contribution in [3.8, 4) is 0 Å². The van der Waals surface area contributed by atoms with Gasteiger partial charge in [0, 0.05) is 5.92 Å². The van der Waals surface area contributed by atoms with Crippen LogP contribution in [0.4, 0.5) is 0 Å². The Morgan fingerprint density at radius 1 is 1.17 bits per heavy atom. The molecule has 1 aromatic carbocycles. The summed E-state index contributed by atoms with van der Waals surface area (Å²) in [6.45, 7) is 5.72. The van der Waals surface area contributed by atoms with Gasteiger partial charge < -0.3 is 14.2 Å². The smallest absolute Gasteiger partial charge is 0.161 e. The third-order valence-electron chi connectivity index (χ3n) is 4.16. The van der Waals surface area contributed by atoms with Gasteiger partial charge in [0.05, 0.1) is 19.3 Å². The summed E-state index contributed by atoms with van der Waals surface area (Å²) in [6, 6.07) is 10.3. The molecule has 0 aliphatic carbocycles. The van der Waals surface area contributed by atoms with E-state index in [0.717, 1.165) is 0 Å². The first-order valence-corrected chi connectivity index (χ1v) is 6.68. The average molecular weight is 248 g/mol. The highest BCUT2D eigenvalue weighted by Gasteiger charge is 2.47. The molecule has 2 aliphatic rings. The van der Waals surface area contributed by atoms with Crippen LogP contribution in [-0.2, 0) is 20.8 Å². The molecule has 2 bridgehead atoms. The van der Waals surface area contributed by atoms with E-state index >= 15 is 0 Å². The molecule has 0 spiro atoms. The monoisotopic (exact) mass is 248 g/mol. The van der Waals surface area contributed by atoms with Crippen molar-refractivity contribution in [2.75, 3.05) is 6.61 Å². The Balaban J connectivity index is 1.65. The zero-order valence-electron chi connectivity index (χ0n) is 10.9. The zero-order chi connectivity index (χ0) is 12.5. The second-order valence-corrected chi connectivity index (χ2v) is 5.36. The molecule has 2 saturated heterocycles. The summed E-state index contributed by atoms with van der Waals surface area (Å²) >= 11 is 0. The van der Waals surface area contributed by atoms with Gasteiger partial charge in [-0.15, -0.1) is 0 Å². The standard InChI is InChI=1S/C15H20O3/c1-10-11(2)15-17-9-13(18-15)14(10)16-8-12-6-4-3-5-7-12/h3-7,10-11,13-15H,8-9H2,1-2H3/t10?,11-,13?,14+,15-/m0/s1. The fourth-order valence-electron chi connectivity index (χ4n) is 2.80. The summed E-state index contributed by atoms with van der Waals surface area (Å²) in [6.07, 6.45) is 0.213. The summed E-state index contributed by atoms with van der Waals surface area (Å²) in [7, 11) is 0. The molecule has 2 fully saturated rings. The summed E-state index contributed by atoms with van der Waals surface area (Å²) in [5.74, 6) is 0.865. The number of rotatable bonds is 3. The normalized spacial score (nSPS) is 38.9. The molecule has 2 aliphatic heterocycles. The number of benzene rings is 1. The van der Waals surface area contributed by atoms with Gasteiger partial charge in [0.25, 0.3) is 0 Å². The van der Waals surface area contributed by atoms with Crippen molar-refractivity contribution < 1.29 is 14.2 Å². The molecule has 2 unspecified atom stereocenters. The predicted octanol–water partition coefficient (Wildman–Crippen LogP) is 2.60. The van der Waals surface area contributed by atoms with Crippen LogP contribution in [-0.4, -0.2) is 25.1 Å². The Bertz CT molecular complexity index is 392. The quantitative estimate of drug-likeness (QED) is 0.823. The molecule has 0 aromatic heterocycles. The molecule has 3 nitrogen and oxygen atoms in total. The van der Waals surface area contributed by atoms with Crippen molar-refractivity contribution in [2.24, 2.45) is 11.8 Å². The van der Waals surface area contributed by atoms with Crippen LogP contribution in [0.1, 0.15) is 19.4 Å². The van der Waals surface area contributed by atoms with Gasteiger partial charge in [0.15, 0.2) is 6.29 Å². The van der Waals surface area contributed by atoms with E-state index in [2.05, 4.69) is 26.0 Å². The minimum Gasteiger partial charge on any atom is -0.370 e. The van der Waals surface area contributed by atoms with Crippen molar-refractivity contribution in [3.63, 3.8) is 0 Å². The van der Waals surface area contributed by atoms with Gasteiger partial charge in [0.1, 0.15) is 6.10 Å². The van der Waals surface area contributed by atoms with E-state index in [1.54, 1.807) is 0 Å². The SMILES string of the molecule is CC1[C@@H](OCc2ccccc2)C2CO[C@@H](O2)[C@H]1C. The van der Waals surface area contributed by atoms with Crippen molar-refractivity contribution in [1.82, 2.24) is 0 Å². The van der Waals surface area contributed by atoms with Crippen molar-refractivity contribution in [3.05, 3.63) is 35.9 Å². The van der Waals surface area contributed by atoms with E-state index in [9.17, 15) is 0 Å². The highest BCUT2D eigenvalue weighted by Crippen LogP contribution is 2.37. The van der Waals surface area contributed by atoms with E-state index in [-0.39, 0.29) is 18.5 Å². The molecular formula is C15H20O3. The molecule has 18 heavy (non-hydrogen) atoms. The molecule has 98 valence electrons. The fraction of sp³-hybridized carbons (Fsp3) is 0.600. The Morgan fingerprint density at radius 2 is 1.94 bits per heavy atom. The third kappa shape index (κ3) is 2.18. The topological polar surface area (TPSA) is 27.7 Å². The first kappa shape index (κ1) is 12.2. The van der Waals surface area contributed by atoms with Crippen molar-refractivity contribution in [1.29, 1.82) is 0 Å². The lowest BCUT2D eigenvalue weighted by Gasteiger charge is -2.37. The predicted molar refractivity (Wildman–Crippen MR) is 68.0 cm³/mol. The van der Waals surface area contributed by atoms with E-state index in [4.69, 9.17) is 14.2 Å². The minimum absolute atomic E-state index is 0.0263. The Hall–Kier alpha value is -0.900. The van der Waals surface area contributed by atoms with E-state index in [1.807, 2.05) is 18.2 Å². The maximum absolute atomic E-state index is 6.08. The van der Waals surface area contributed by atoms with Gasteiger partial charge in [-0.2, -0.15) is 0 Å². The largest absolute Gasteiger partial charge is 0.370 e. The Morgan fingerprint density at radius 3 is 2.72 bits per heavy atom. The van der Waals surface area contributed by atoms with Crippen molar-refractivity contribution in [2.45, 2.75) is 39.0 Å². The van der Waals surface area contributed by atoms with Gasteiger partial charge in [-0.05, 0) is 11.5 Å². The maximum atomic E-state index is 6.08. The lowest BCUT2D eigenvalue weighted by Crippen LogP contribution is -2.46. The van der Waals surface area contributed by atoms with E-state index < -0.39 is 0 Å². The number of ether oxygens (including phenoxy) is 3. The van der Waals surface area contributed by atoms with Gasteiger partial charge in [-0.1, -0.05) is 44.2 Å². The lowest BCUT2D eigenvalue weighted by atomic mass is 9.86. The molecule has 0 N–H and O–H groups in total. The maximum Gasteiger partial charge on any atom is 0.161 e. The second-order valence-electron chi connectivity index (χ2n) is 5.36. The lowest BCUT2D eigenvalue weighted by molar-refractivity contribution is -0.190. The molecular weight excluding hydrogens is 228 g/mol. The molecule has 0 radical (unpaired) electrons. The van der Waals surface area contributed by atoms with Crippen LogP contribution in [0.25, 0.3) is 0 Å². The summed E-state index contributed by atoms with van der Waals surface area (Å²) in [5.41, 5.74) is 1.21. The third-order valence-corrected chi connectivity index (χ3v) is 4.16. The first-order chi connectivity index (χ1) is 8.75. The second kappa shape index (κ2) is 5.00. The summed E-state index contributed by atoms with van der Waals surface area (Å²) < 4.78 is 17.6. The van der Waals surface area contributed by atoms with Gasteiger partial charge in [-0.3, -0.25) is 0 Å². The molecule has 3 heteroatoms. The molecule has 5 atom stereocenters. The number of hydrogen-bond donors (Lipinski definition) is 0. The van der Waals surface area contributed by atoms with Crippen LogP contribution in [0.2, 0.25) is 0 Å². The Kier molecular flexibility index (Phi) is 3.37. The van der Waals surface area contributed by atoms with E-state index in [1.165, 1.54) is 5.56 Å². The van der Waals surface area contributed by atoms with Gasteiger partial charge in [-0.25, -0.2) is 0 Å². The van der Waals surface area contributed by atoms with E-state index in [0.29, 0.717) is 25.0 Å². The van der Waals surface area contributed by atoms with Crippen LogP contribution in [0.15, 0.2) is 30.3 Å². The summed E-state index contributed by atoms with van der Waals surface area (Å²) in [4.78, 5) is 0. The molecule has 1 aromatic rings. The fourth-order valence-corrected chi connectivity index (χ4v) is 2.80. The van der Waals surface area contributed by atoms with Crippen LogP contribution in [0.5, 0.6) is 0 Å².